The molecule has 1 N–H and O–H groups in total. The molecule has 4 fully saturated rings. The minimum Gasteiger partial charge on any atom is -0.462 e. The molecule has 0 amide bonds. The van der Waals surface area contributed by atoms with Crippen LogP contribution in [0, 0.1) is 56.7 Å². The first-order chi connectivity index (χ1) is 24.1. The SMILES string of the molecule is CCCCCCCCCCCCCCCC(=O)O[C@H]1CC[C@]2(C)[C@H]3CC[C@@H]4[C@H]5[C@H](C)C(C)=C[C@H](OC)[C@]5(C)[C@@H](O)C[C@@]4(C)[C@]3(C)CC[C@H]2C1(C)C. The number of unbranched alkanes of at least 4 members (excludes halogenated alkanes) is 12. The number of hydrogen-bond acceptors (Lipinski definition) is 4. The number of hydrogen-bond donors (Lipinski definition) is 1. The fraction of sp³-hybridized carbons (Fsp3) is 0.936. The first kappa shape index (κ1) is 41.3. The third-order valence-corrected chi connectivity index (χ3v) is 17.7. The summed E-state index contributed by atoms with van der Waals surface area (Å²) < 4.78 is 12.5. The van der Waals surface area contributed by atoms with Crippen molar-refractivity contribution < 1.29 is 19.4 Å². The highest BCUT2D eigenvalue weighted by molar-refractivity contribution is 5.69. The molecule has 0 aliphatic heterocycles. The molecule has 51 heavy (non-hydrogen) atoms. The van der Waals surface area contributed by atoms with E-state index in [9.17, 15) is 9.90 Å². The van der Waals surface area contributed by atoms with E-state index in [1.165, 1.54) is 102 Å². The Hall–Kier alpha value is -0.870. The Bertz CT molecular complexity index is 1190. The molecule has 0 aromatic carbocycles. The molecule has 0 radical (unpaired) electrons. The molecule has 294 valence electrons. The van der Waals surface area contributed by atoms with Gasteiger partial charge < -0.3 is 14.6 Å². The van der Waals surface area contributed by atoms with Gasteiger partial charge in [-0.15, -0.1) is 0 Å². The molecule has 0 heterocycles. The van der Waals surface area contributed by atoms with Crippen molar-refractivity contribution in [2.24, 2.45) is 56.7 Å². The van der Waals surface area contributed by atoms with Crippen LogP contribution >= 0.6 is 0 Å². The van der Waals surface area contributed by atoms with Gasteiger partial charge in [0.25, 0.3) is 0 Å². The standard InChI is InChI=1S/C47H82O4/c1-11-12-13-14-15-16-17-18-19-20-21-22-23-24-41(49)51-39-28-29-44(6)36(43(39,4)5)27-30-45(7)37(44)26-25-35-42-34(3)33(2)31-40(50-10)47(42,9)38(48)32-46(35,45)8/h31,34-40,42,48H,11-30,32H2,1-10H3/t34-,35-,36+,37-,38+,39+,40+,42-,44+,45-,46-,47+/m1/s1. The zero-order chi connectivity index (χ0) is 37.2. The van der Waals surface area contributed by atoms with E-state index < -0.39 is 0 Å². The largest absolute Gasteiger partial charge is 0.462 e. The first-order valence-electron chi connectivity index (χ1n) is 22.2. The highest BCUT2D eigenvalue weighted by atomic mass is 16.5. The quantitative estimate of drug-likeness (QED) is 0.0984. The average molecular weight is 711 g/mol. The molecule has 0 spiro atoms. The molecule has 0 unspecified atom stereocenters. The number of aliphatic hydroxyl groups is 1. The van der Waals surface area contributed by atoms with E-state index in [0.717, 1.165) is 32.1 Å². The Labute approximate surface area is 315 Å². The molecule has 0 saturated heterocycles. The van der Waals surface area contributed by atoms with Crippen LogP contribution in [0.5, 0.6) is 0 Å². The minimum absolute atomic E-state index is 0.0161. The van der Waals surface area contributed by atoms with Crippen molar-refractivity contribution in [1.29, 1.82) is 0 Å². The third kappa shape index (κ3) is 7.44. The summed E-state index contributed by atoms with van der Waals surface area (Å²) in [6.45, 7) is 22.0. The van der Waals surface area contributed by atoms with Gasteiger partial charge in [-0.1, -0.05) is 144 Å². The molecule has 5 aliphatic carbocycles. The van der Waals surface area contributed by atoms with Crippen molar-refractivity contribution in [1.82, 2.24) is 0 Å². The normalized spacial score (nSPS) is 42.9. The number of methoxy groups -OCH3 is 1. The summed E-state index contributed by atoms with van der Waals surface area (Å²) in [5.74, 6) is 2.66. The number of carbonyl (C=O) groups is 1. The minimum atomic E-state index is -0.372. The molecule has 0 aromatic rings. The van der Waals surface area contributed by atoms with Crippen molar-refractivity contribution >= 4 is 5.97 Å². The van der Waals surface area contributed by atoms with E-state index in [2.05, 4.69) is 68.4 Å². The van der Waals surface area contributed by atoms with Crippen LogP contribution in [0.25, 0.3) is 0 Å². The van der Waals surface area contributed by atoms with Crippen LogP contribution in [-0.2, 0) is 14.3 Å². The lowest BCUT2D eigenvalue weighted by Gasteiger charge is -2.74. The van der Waals surface area contributed by atoms with Crippen molar-refractivity contribution in [3.05, 3.63) is 11.6 Å². The van der Waals surface area contributed by atoms with Crippen LogP contribution in [0.15, 0.2) is 11.6 Å². The molecular formula is C47H82O4. The van der Waals surface area contributed by atoms with E-state index in [-0.39, 0.29) is 51.4 Å². The van der Waals surface area contributed by atoms with Crippen LogP contribution in [0.4, 0.5) is 0 Å². The first-order valence-corrected chi connectivity index (χ1v) is 22.2. The van der Waals surface area contributed by atoms with Gasteiger partial charge in [0.2, 0.25) is 0 Å². The van der Waals surface area contributed by atoms with Crippen LogP contribution in [0.2, 0.25) is 0 Å². The molecule has 0 aromatic heterocycles. The second-order valence-corrected chi connectivity index (χ2v) is 20.5. The monoisotopic (exact) mass is 711 g/mol. The molecular weight excluding hydrogens is 629 g/mol. The van der Waals surface area contributed by atoms with E-state index in [4.69, 9.17) is 9.47 Å². The molecule has 4 nitrogen and oxygen atoms in total. The molecule has 5 aliphatic rings. The second-order valence-electron chi connectivity index (χ2n) is 20.5. The summed E-state index contributed by atoms with van der Waals surface area (Å²) in [5.41, 5.74) is 1.63. The summed E-state index contributed by atoms with van der Waals surface area (Å²) >= 11 is 0. The fourth-order valence-electron chi connectivity index (χ4n) is 14.3. The second kappa shape index (κ2) is 16.5. The lowest BCUT2D eigenvalue weighted by Crippen LogP contribution is -2.70. The predicted molar refractivity (Wildman–Crippen MR) is 212 cm³/mol. The molecule has 4 saturated carbocycles. The lowest BCUT2D eigenvalue weighted by atomic mass is 9.31. The number of allylic oxidation sites excluding steroid dienone is 1. The predicted octanol–water partition coefficient (Wildman–Crippen LogP) is 12.7. The third-order valence-electron chi connectivity index (χ3n) is 17.7. The Morgan fingerprint density at radius 2 is 1.37 bits per heavy atom. The Morgan fingerprint density at radius 1 is 0.784 bits per heavy atom. The van der Waals surface area contributed by atoms with E-state index in [0.29, 0.717) is 36.0 Å². The maximum Gasteiger partial charge on any atom is 0.306 e. The lowest BCUT2D eigenvalue weighted by molar-refractivity contribution is -0.278. The van der Waals surface area contributed by atoms with Gasteiger partial charge in [0.15, 0.2) is 0 Å². The summed E-state index contributed by atoms with van der Waals surface area (Å²) in [5, 5.41) is 12.2. The van der Waals surface area contributed by atoms with Gasteiger partial charge >= 0.3 is 5.97 Å². The number of esters is 1. The van der Waals surface area contributed by atoms with Gasteiger partial charge in [-0.05, 0) is 104 Å². The van der Waals surface area contributed by atoms with Crippen molar-refractivity contribution in [3.8, 4) is 0 Å². The van der Waals surface area contributed by atoms with Crippen molar-refractivity contribution in [2.75, 3.05) is 7.11 Å². The Balaban J connectivity index is 1.15. The van der Waals surface area contributed by atoms with Crippen molar-refractivity contribution in [2.45, 2.75) is 215 Å². The number of carbonyl (C=O) groups excluding carboxylic acids is 1. The Kier molecular flexibility index (Phi) is 13.3. The smallest absolute Gasteiger partial charge is 0.306 e. The molecule has 5 rings (SSSR count). The topological polar surface area (TPSA) is 55.8 Å². The average Bonchev–Trinajstić information content (AvgIpc) is 3.07. The van der Waals surface area contributed by atoms with Gasteiger partial charge in [0, 0.05) is 24.4 Å². The molecule has 4 heteroatoms. The number of fused-ring (bicyclic) bond motifs is 7. The van der Waals surface area contributed by atoms with Gasteiger partial charge in [0.05, 0.1) is 12.2 Å². The van der Waals surface area contributed by atoms with Crippen LogP contribution in [0.3, 0.4) is 0 Å². The summed E-state index contributed by atoms with van der Waals surface area (Å²) in [7, 11) is 1.84. The number of ether oxygens (including phenoxy) is 2. The summed E-state index contributed by atoms with van der Waals surface area (Å²) in [6, 6.07) is 0. The molecule has 0 bridgehead atoms. The van der Waals surface area contributed by atoms with Crippen LogP contribution in [-0.4, -0.2) is 36.5 Å². The van der Waals surface area contributed by atoms with Gasteiger partial charge in [0.1, 0.15) is 6.10 Å². The number of rotatable bonds is 16. The highest BCUT2D eigenvalue weighted by Crippen LogP contribution is 2.77. The number of aliphatic hydroxyl groups excluding tert-OH is 1. The van der Waals surface area contributed by atoms with Gasteiger partial charge in [-0.3, -0.25) is 4.79 Å². The van der Waals surface area contributed by atoms with Crippen LogP contribution in [0.1, 0.15) is 197 Å². The van der Waals surface area contributed by atoms with E-state index in [1.54, 1.807) is 0 Å². The van der Waals surface area contributed by atoms with Gasteiger partial charge in [-0.2, -0.15) is 0 Å². The Morgan fingerprint density at radius 3 is 1.96 bits per heavy atom. The van der Waals surface area contributed by atoms with Gasteiger partial charge in [-0.25, -0.2) is 0 Å². The van der Waals surface area contributed by atoms with E-state index in [1.807, 2.05) is 7.11 Å². The maximum absolute atomic E-state index is 13.2. The summed E-state index contributed by atoms with van der Waals surface area (Å²) in [4.78, 5) is 13.2. The van der Waals surface area contributed by atoms with E-state index >= 15 is 0 Å². The zero-order valence-electron chi connectivity index (χ0n) is 35.2. The highest BCUT2D eigenvalue weighted by Gasteiger charge is 2.72. The van der Waals surface area contributed by atoms with Crippen molar-refractivity contribution in [3.63, 3.8) is 0 Å². The molecule has 12 atom stereocenters. The maximum atomic E-state index is 13.2. The summed E-state index contributed by atoms with van der Waals surface area (Å²) in [6.07, 6.45) is 27.6. The van der Waals surface area contributed by atoms with Crippen LogP contribution < -0.4 is 0 Å². The zero-order valence-corrected chi connectivity index (χ0v) is 35.2. The fourth-order valence-corrected chi connectivity index (χ4v) is 14.3.